The van der Waals surface area contributed by atoms with Gasteiger partial charge in [0.1, 0.15) is 0 Å². The van der Waals surface area contributed by atoms with E-state index < -0.39 is 11.7 Å². The van der Waals surface area contributed by atoms with Crippen molar-refractivity contribution in [1.82, 2.24) is 0 Å². The van der Waals surface area contributed by atoms with Crippen LogP contribution in [-0.2, 0) is 12.7 Å². The lowest BCUT2D eigenvalue weighted by molar-refractivity contribution is -0.138. The largest absolute Gasteiger partial charge is 0.416 e. The first-order chi connectivity index (χ1) is 8.93. The standard InChI is InChI=1S/C13H17F3N2S/c1-9-8-19-5-4-18(9)11-2-3-12(13(14,15)16)10(6-11)7-17/h2-3,6,9H,4-5,7-8,17H2,1H3. The summed E-state index contributed by atoms with van der Waals surface area (Å²) in [5.74, 6) is 2.00. The molecule has 0 bridgehead atoms. The SMILES string of the molecule is CC1CSCCN1c1ccc(C(F)(F)F)c(CN)c1. The van der Waals surface area contributed by atoms with Crippen LogP contribution in [0.5, 0.6) is 0 Å². The predicted octanol–water partition coefficient (Wildman–Crippen LogP) is 3.11. The van der Waals surface area contributed by atoms with Gasteiger partial charge >= 0.3 is 6.18 Å². The molecule has 1 aliphatic heterocycles. The fourth-order valence-corrected chi connectivity index (χ4v) is 3.33. The second kappa shape index (κ2) is 5.63. The van der Waals surface area contributed by atoms with Crippen molar-refractivity contribution in [3.05, 3.63) is 29.3 Å². The highest BCUT2D eigenvalue weighted by molar-refractivity contribution is 7.99. The summed E-state index contributed by atoms with van der Waals surface area (Å²) in [6.45, 7) is 2.85. The van der Waals surface area contributed by atoms with E-state index in [9.17, 15) is 13.2 Å². The summed E-state index contributed by atoms with van der Waals surface area (Å²) in [4.78, 5) is 2.15. The van der Waals surface area contributed by atoms with Gasteiger partial charge in [0.2, 0.25) is 0 Å². The molecule has 19 heavy (non-hydrogen) atoms. The zero-order chi connectivity index (χ0) is 14.0. The van der Waals surface area contributed by atoms with E-state index in [0.29, 0.717) is 6.04 Å². The molecule has 6 heteroatoms. The molecule has 0 saturated carbocycles. The minimum Gasteiger partial charge on any atom is -0.367 e. The van der Waals surface area contributed by atoms with E-state index in [2.05, 4.69) is 11.8 Å². The normalized spacial score (nSPS) is 20.7. The highest BCUT2D eigenvalue weighted by Crippen LogP contribution is 2.34. The minimum atomic E-state index is -4.34. The van der Waals surface area contributed by atoms with Crippen molar-refractivity contribution in [2.45, 2.75) is 25.7 Å². The summed E-state index contributed by atoms with van der Waals surface area (Å²) in [5, 5.41) is 0. The lowest BCUT2D eigenvalue weighted by atomic mass is 10.0. The van der Waals surface area contributed by atoms with Crippen molar-refractivity contribution in [1.29, 1.82) is 0 Å². The van der Waals surface area contributed by atoms with E-state index in [1.807, 2.05) is 11.8 Å². The van der Waals surface area contributed by atoms with Gasteiger partial charge in [0.15, 0.2) is 0 Å². The van der Waals surface area contributed by atoms with Crippen LogP contribution in [0, 0.1) is 0 Å². The molecule has 1 aromatic carbocycles. The second-order valence-corrected chi connectivity index (χ2v) is 5.81. The molecule has 1 unspecified atom stereocenters. The first kappa shape index (κ1) is 14.5. The summed E-state index contributed by atoms with van der Waals surface area (Å²) in [6, 6.07) is 4.61. The van der Waals surface area contributed by atoms with Gasteiger partial charge in [0, 0.05) is 36.3 Å². The number of nitrogens with two attached hydrogens (primary N) is 1. The van der Waals surface area contributed by atoms with Crippen LogP contribution < -0.4 is 10.6 Å². The Labute approximate surface area is 115 Å². The summed E-state index contributed by atoms with van der Waals surface area (Å²) >= 11 is 1.87. The summed E-state index contributed by atoms with van der Waals surface area (Å²) in [5.41, 5.74) is 5.83. The molecule has 1 fully saturated rings. The zero-order valence-electron chi connectivity index (χ0n) is 10.7. The third kappa shape index (κ3) is 3.17. The summed E-state index contributed by atoms with van der Waals surface area (Å²) in [7, 11) is 0. The number of anilines is 1. The molecular weight excluding hydrogens is 273 g/mol. The Balaban J connectivity index is 2.33. The number of nitrogens with zero attached hydrogens (tertiary/aromatic N) is 1. The molecule has 1 aromatic rings. The minimum absolute atomic E-state index is 0.0976. The van der Waals surface area contributed by atoms with Gasteiger partial charge in [0.05, 0.1) is 5.56 Å². The van der Waals surface area contributed by atoms with Crippen molar-refractivity contribution in [3.63, 3.8) is 0 Å². The molecule has 1 saturated heterocycles. The molecule has 0 aliphatic carbocycles. The Morgan fingerprint density at radius 2 is 2.16 bits per heavy atom. The van der Waals surface area contributed by atoms with Gasteiger partial charge < -0.3 is 10.6 Å². The Morgan fingerprint density at radius 1 is 1.42 bits per heavy atom. The lowest BCUT2D eigenvalue weighted by Gasteiger charge is -2.35. The molecular formula is C13H17F3N2S. The maximum Gasteiger partial charge on any atom is 0.416 e. The monoisotopic (exact) mass is 290 g/mol. The molecule has 106 valence electrons. The Kier molecular flexibility index (Phi) is 4.30. The van der Waals surface area contributed by atoms with Crippen molar-refractivity contribution in [2.24, 2.45) is 5.73 Å². The first-order valence-corrected chi connectivity index (χ1v) is 7.33. The molecule has 2 N–H and O–H groups in total. The third-order valence-electron chi connectivity index (χ3n) is 3.31. The van der Waals surface area contributed by atoms with Crippen LogP contribution in [0.15, 0.2) is 18.2 Å². The van der Waals surface area contributed by atoms with Crippen LogP contribution in [-0.4, -0.2) is 24.1 Å². The number of benzene rings is 1. The second-order valence-electron chi connectivity index (χ2n) is 4.66. The first-order valence-electron chi connectivity index (χ1n) is 6.18. The van der Waals surface area contributed by atoms with Crippen molar-refractivity contribution < 1.29 is 13.2 Å². The fraction of sp³-hybridized carbons (Fsp3) is 0.538. The van der Waals surface area contributed by atoms with E-state index in [4.69, 9.17) is 5.73 Å². The number of rotatable bonds is 2. The summed E-state index contributed by atoms with van der Waals surface area (Å²) in [6.07, 6.45) is -4.34. The number of hydrogen-bond acceptors (Lipinski definition) is 3. The Bertz CT molecular complexity index is 448. The summed E-state index contributed by atoms with van der Waals surface area (Å²) < 4.78 is 38.4. The highest BCUT2D eigenvalue weighted by Gasteiger charge is 2.33. The maximum atomic E-state index is 12.8. The molecule has 0 radical (unpaired) electrons. The van der Waals surface area contributed by atoms with Gasteiger partial charge in [-0.2, -0.15) is 24.9 Å². The van der Waals surface area contributed by atoms with Crippen molar-refractivity contribution in [2.75, 3.05) is 23.0 Å². The smallest absolute Gasteiger partial charge is 0.367 e. The molecule has 2 nitrogen and oxygen atoms in total. The predicted molar refractivity (Wildman–Crippen MR) is 73.5 cm³/mol. The molecule has 1 heterocycles. The van der Waals surface area contributed by atoms with Gasteiger partial charge in [-0.15, -0.1) is 0 Å². The average molecular weight is 290 g/mol. The van der Waals surface area contributed by atoms with E-state index in [1.165, 1.54) is 0 Å². The van der Waals surface area contributed by atoms with Crippen LogP contribution in [0.2, 0.25) is 0 Å². The van der Waals surface area contributed by atoms with Crippen LogP contribution >= 0.6 is 11.8 Å². The zero-order valence-corrected chi connectivity index (χ0v) is 11.5. The quantitative estimate of drug-likeness (QED) is 0.907. The number of thioether (sulfide) groups is 1. The lowest BCUT2D eigenvalue weighted by Crippen LogP contribution is -2.40. The van der Waals surface area contributed by atoms with E-state index >= 15 is 0 Å². The molecule has 0 amide bonds. The number of alkyl halides is 3. The molecule has 2 rings (SSSR count). The van der Waals surface area contributed by atoms with Gasteiger partial charge in [-0.25, -0.2) is 0 Å². The van der Waals surface area contributed by atoms with E-state index in [1.54, 1.807) is 12.1 Å². The topological polar surface area (TPSA) is 29.3 Å². The van der Waals surface area contributed by atoms with Gasteiger partial charge in [-0.1, -0.05) is 0 Å². The van der Waals surface area contributed by atoms with Crippen molar-refractivity contribution >= 4 is 17.4 Å². The maximum absolute atomic E-state index is 12.8. The van der Waals surface area contributed by atoms with E-state index in [-0.39, 0.29) is 12.1 Å². The van der Waals surface area contributed by atoms with Crippen LogP contribution in [0.25, 0.3) is 0 Å². The van der Waals surface area contributed by atoms with Crippen LogP contribution in [0.4, 0.5) is 18.9 Å². The van der Waals surface area contributed by atoms with Gasteiger partial charge in [0.25, 0.3) is 0 Å². The van der Waals surface area contributed by atoms with Gasteiger partial charge in [-0.3, -0.25) is 0 Å². The molecule has 0 spiro atoms. The number of halogens is 3. The Hall–Kier alpha value is -0.880. The highest BCUT2D eigenvalue weighted by atomic mass is 32.2. The third-order valence-corrected chi connectivity index (χ3v) is 4.50. The molecule has 1 atom stereocenters. The number of hydrogen-bond donors (Lipinski definition) is 1. The van der Waals surface area contributed by atoms with Crippen LogP contribution in [0.3, 0.4) is 0 Å². The average Bonchev–Trinajstić information content (AvgIpc) is 2.37. The van der Waals surface area contributed by atoms with Crippen molar-refractivity contribution in [3.8, 4) is 0 Å². The molecule has 0 aromatic heterocycles. The van der Waals surface area contributed by atoms with E-state index in [0.717, 1.165) is 29.8 Å². The fourth-order valence-electron chi connectivity index (χ4n) is 2.31. The molecule has 1 aliphatic rings. The Morgan fingerprint density at radius 3 is 2.74 bits per heavy atom. The van der Waals surface area contributed by atoms with Gasteiger partial charge in [-0.05, 0) is 30.7 Å². The van der Waals surface area contributed by atoms with Crippen LogP contribution in [0.1, 0.15) is 18.1 Å².